The van der Waals surface area contributed by atoms with Crippen molar-refractivity contribution in [3.05, 3.63) is 48.0 Å². The number of hydrogen-bond donors (Lipinski definition) is 1. The average Bonchev–Trinajstić information content (AvgIpc) is 2.36. The number of alkyl halides is 1. The van der Waals surface area contributed by atoms with Crippen LogP contribution in [0.25, 0.3) is 10.8 Å². The van der Waals surface area contributed by atoms with Gasteiger partial charge in [-0.25, -0.2) is 0 Å². The van der Waals surface area contributed by atoms with E-state index in [2.05, 4.69) is 61.6 Å². The molecule has 0 aliphatic heterocycles. The summed E-state index contributed by atoms with van der Waals surface area (Å²) in [5.41, 5.74) is 1.29. The van der Waals surface area contributed by atoms with Crippen LogP contribution < -0.4 is 5.32 Å². The van der Waals surface area contributed by atoms with Crippen molar-refractivity contribution in [2.24, 2.45) is 0 Å². The molecule has 0 spiro atoms. The molecule has 0 bridgehead atoms. The number of nitrogens with one attached hydrogen (secondary N) is 1. The van der Waals surface area contributed by atoms with Gasteiger partial charge in [0, 0.05) is 18.0 Å². The normalized spacial score (nSPS) is 11.9. The van der Waals surface area contributed by atoms with Crippen molar-refractivity contribution in [3.8, 4) is 0 Å². The molecule has 0 aliphatic rings. The minimum atomic E-state index is -0.0293. The van der Waals surface area contributed by atoms with Crippen LogP contribution in [0.3, 0.4) is 0 Å². The highest BCUT2D eigenvalue weighted by Gasteiger charge is 2.15. The lowest BCUT2D eigenvalue weighted by atomic mass is 10.0. The molecule has 0 unspecified atom stereocenters. The van der Waals surface area contributed by atoms with Crippen LogP contribution in [-0.4, -0.2) is 11.4 Å². The summed E-state index contributed by atoms with van der Waals surface area (Å²) in [4.78, 5) is 0. The van der Waals surface area contributed by atoms with E-state index < -0.39 is 0 Å². The van der Waals surface area contributed by atoms with Crippen molar-refractivity contribution in [2.45, 2.75) is 25.9 Å². The van der Waals surface area contributed by atoms with Crippen LogP contribution in [0.15, 0.2) is 42.5 Å². The Morgan fingerprint density at radius 2 is 1.76 bits per heavy atom. The fourth-order valence-corrected chi connectivity index (χ4v) is 1.92. The highest BCUT2D eigenvalue weighted by Crippen LogP contribution is 2.19. The molecule has 2 rings (SSSR count). The first-order chi connectivity index (χ1) is 8.12. The smallest absolute Gasteiger partial charge is 0.0400 e. The molecule has 2 aromatic rings. The van der Waals surface area contributed by atoms with Crippen LogP contribution in [0.2, 0.25) is 0 Å². The third-order valence-corrected chi connectivity index (χ3v) is 3.64. The van der Waals surface area contributed by atoms with Crippen LogP contribution in [0.1, 0.15) is 19.4 Å². The van der Waals surface area contributed by atoms with E-state index in [1.165, 1.54) is 16.3 Å². The third-order valence-electron chi connectivity index (χ3n) is 2.97. The Morgan fingerprint density at radius 1 is 1.06 bits per heavy atom. The van der Waals surface area contributed by atoms with Gasteiger partial charge in [0.15, 0.2) is 0 Å². The standard InChI is InChI=1S/C15H18ClN/c1-15(2,11-16)17-10-13-8-5-7-12-6-3-4-9-14(12)13/h3-9,17H,10-11H2,1-2H3. The van der Waals surface area contributed by atoms with Gasteiger partial charge < -0.3 is 5.32 Å². The van der Waals surface area contributed by atoms with E-state index >= 15 is 0 Å². The molecule has 1 nitrogen and oxygen atoms in total. The van der Waals surface area contributed by atoms with Gasteiger partial charge >= 0.3 is 0 Å². The summed E-state index contributed by atoms with van der Waals surface area (Å²) in [6.07, 6.45) is 0. The fraction of sp³-hybridized carbons (Fsp3) is 0.333. The number of fused-ring (bicyclic) bond motifs is 1. The molecular formula is C15H18ClN. The van der Waals surface area contributed by atoms with Gasteiger partial charge in [0.25, 0.3) is 0 Å². The van der Waals surface area contributed by atoms with E-state index in [-0.39, 0.29) is 5.54 Å². The summed E-state index contributed by atoms with van der Waals surface area (Å²) >= 11 is 5.92. The van der Waals surface area contributed by atoms with Gasteiger partial charge in [-0.3, -0.25) is 0 Å². The van der Waals surface area contributed by atoms with E-state index in [9.17, 15) is 0 Å². The van der Waals surface area contributed by atoms with E-state index in [0.29, 0.717) is 5.88 Å². The summed E-state index contributed by atoms with van der Waals surface area (Å²) in [5.74, 6) is 0.609. The predicted molar refractivity (Wildman–Crippen MR) is 75.6 cm³/mol. The SMILES string of the molecule is CC(C)(CCl)NCc1cccc2ccccc12. The molecule has 0 aliphatic carbocycles. The Labute approximate surface area is 108 Å². The summed E-state index contributed by atoms with van der Waals surface area (Å²) in [6.45, 7) is 5.08. The summed E-state index contributed by atoms with van der Waals surface area (Å²) < 4.78 is 0. The number of hydrogen-bond acceptors (Lipinski definition) is 1. The fourth-order valence-electron chi connectivity index (χ4n) is 1.83. The Bertz CT molecular complexity index is 500. The number of benzene rings is 2. The molecule has 0 heterocycles. The highest BCUT2D eigenvalue weighted by molar-refractivity contribution is 6.18. The molecule has 90 valence electrons. The van der Waals surface area contributed by atoms with E-state index in [0.717, 1.165) is 6.54 Å². The van der Waals surface area contributed by atoms with Gasteiger partial charge in [-0.05, 0) is 30.2 Å². The minimum Gasteiger partial charge on any atom is -0.307 e. The topological polar surface area (TPSA) is 12.0 Å². The van der Waals surface area contributed by atoms with E-state index in [4.69, 9.17) is 11.6 Å². The van der Waals surface area contributed by atoms with E-state index in [1.807, 2.05) is 0 Å². The van der Waals surface area contributed by atoms with Gasteiger partial charge in [-0.15, -0.1) is 11.6 Å². The molecule has 17 heavy (non-hydrogen) atoms. The lowest BCUT2D eigenvalue weighted by Crippen LogP contribution is -2.40. The zero-order valence-electron chi connectivity index (χ0n) is 10.3. The monoisotopic (exact) mass is 247 g/mol. The van der Waals surface area contributed by atoms with Crippen molar-refractivity contribution in [3.63, 3.8) is 0 Å². The number of rotatable bonds is 4. The van der Waals surface area contributed by atoms with Crippen LogP contribution in [-0.2, 0) is 6.54 Å². The first-order valence-corrected chi connectivity index (χ1v) is 6.43. The van der Waals surface area contributed by atoms with Gasteiger partial charge in [0.2, 0.25) is 0 Å². The van der Waals surface area contributed by atoms with Crippen LogP contribution in [0.4, 0.5) is 0 Å². The third kappa shape index (κ3) is 2.99. The molecule has 0 amide bonds. The maximum atomic E-state index is 5.92. The molecule has 0 aromatic heterocycles. The van der Waals surface area contributed by atoms with Crippen LogP contribution in [0, 0.1) is 0 Å². The maximum absolute atomic E-state index is 5.92. The first kappa shape index (κ1) is 12.4. The van der Waals surface area contributed by atoms with Gasteiger partial charge in [0.05, 0.1) is 0 Å². The predicted octanol–water partition coefficient (Wildman–Crippen LogP) is 3.95. The Morgan fingerprint density at radius 3 is 2.53 bits per heavy atom. The Balaban J connectivity index is 2.24. The van der Waals surface area contributed by atoms with Crippen molar-refractivity contribution in [2.75, 3.05) is 5.88 Å². The molecule has 0 fully saturated rings. The lowest BCUT2D eigenvalue weighted by molar-refractivity contribution is 0.430. The van der Waals surface area contributed by atoms with Crippen molar-refractivity contribution >= 4 is 22.4 Å². The molecule has 0 atom stereocenters. The highest BCUT2D eigenvalue weighted by atomic mass is 35.5. The molecule has 0 radical (unpaired) electrons. The molecule has 0 saturated carbocycles. The second-order valence-corrected chi connectivity index (χ2v) is 5.28. The maximum Gasteiger partial charge on any atom is 0.0400 e. The quantitative estimate of drug-likeness (QED) is 0.807. The van der Waals surface area contributed by atoms with Gasteiger partial charge in [-0.1, -0.05) is 42.5 Å². The Kier molecular flexibility index (Phi) is 3.70. The second kappa shape index (κ2) is 5.07. The Hall–Kier alpha value is -1.05. The van der Waals surface area contributed by atoms with Crippen molar-refractivity contribution in [1.29, 1.82) is 0 Å². The first-order valence-electron chi connectivity index (χ1n) is 5.90. The summed E-state index contributed by atoms with van der Waals surface area (Å²) in [7, 11) is 0. The van der Waals surface area contributed by atoms with Crippen molar-refractivity contribution < 1.29 is 0 Å². The summed E-state index contributed by atoms with van der Waals surface area (Å²) in [5, 5.41) is 6.09. The van der Waals surface area contributed by atoms with Crippen LogP contribution >= 0.6 is 11.6 Å². The van der Waals surface area contributed by atoms with Crippen LogP contribution in [0.5, 0.6) is 0 Å². The minimum absolute atomic E-state index is 0.0293. The zero-order valence-corrected chi connectivity index (χ0v) is 11.1. The van der Waals surface area contributed by atoms with Gasteiger partial charge in [0.1, 0.15) is 0 Å². The van der Waals surface area contributed by atoms with E-state index in [1.54, 1.807) is 0 Å². The molecule has 1 N–H and O–H groups in total. The largest absolute Gasteiger partial charge is 0.307 e. The van der Waals surface area contributed by atoms with Crippen molar-refractivity contribution in [1.82, 2.24) is 5.32 Å². The van der Waals surface area contributed by atoms with Gasteiger partial charge in [-0.2, -0.15) is 0 Å². The average molecular weight is 248 g/mol. The number of halogens is 1. The molecule has 2 aromatic carbocycles. The zero-order chi connectivity index (χ0) is 12.3. The summed E-state index contributed by atoms with van der Waals surface area (Å²) in [6, 6.07) is 14.9. The molecular weight excluding hydrogens is 230 g/mol. The lowest BCUT2D eigenvalue weighted by Gasteiger charge is -2.23. The molecule has 0 saturated heterocycles. The second-order valence-electron chi connectivity index (χ2n) is 5.01. The molecule has 2 heteroatoms.